The monoisotopic (exact) mass is 267 g/mol. The Morgan fingerprint density at radius 1 is 1.56 bits per heavy atom. The Hall–Kier alpha value is -1.59. The Morgan fingerprint density at radius 3 is 2.78 bits per heavy atom. The SMILES string of the molecule is Cc1nn(C)c(CC(=O)c2ccc(CN)o2)c1Cl. The van der Waals surface area contributed by atoms with Crippen molar-refractivity contribution >= 4 is 17.4 Å². The van der Waals surface area contributed by atoms with Crippen molar-refractivity contribution in [2.75, 3.05) is 0 Å². The van der Waals surface area contributed by atoms with Crippen LogP contribution in [0.15, 0.2) is 16.5 Å². The summed E-state index contributed by atoms with van der Waals surface area (Å²) in [5.74, 6) is 0.746. The van der Waals surface area contributed by atoms with Gasteiger partial charge in [-0.2, -0.15) is 5.10 Å². The molecule has 0 aliphatic heterocycles. The topological polar surface area (TPSA) is 74.0 Å². The number of nitrogens with zero attached hydrogens (tertiary/aromatic N) is 2. The number of carbonyl (C=O) groups excluding carboxylic acids is 1. The van der Waals surface area contributed by atoms with Gasteiger partial charge in [-0.15, -0.1) is 0 Å². The first-order chi connectivity index (χ1) is 8.52. The zero-order valence-electron chi connectivity index (χ0n) is 10.2. The van der Waals surface area contributed by atoms with Crippen molar-refractivity contribution in [3.8, 4) is 0 Å². The predicted molar refractivity (Wildman–Crippen MR) is 67.6 cm³/mol. The second-order valence-electron chi connectivity index (χ2n) is 4.04. The summed E-state index contributed by atoms with van der Waals surface area (Å²) in [6, 6.07) is 3.32. The molecule has 18 heavy (non-hydrogen) atoms. The third kappa shape index (κ3) is 2.32. The Balaban J connectivity index is 2.21. The van der Waals surface area contributed by atoms with E-state index in [1.807, 2.05) is 0 Å². The van der Waals surface area contributed by atoms with Gasteiger partial charge in [0.1, 0.15) is 5.76 Å². The van der Waals surface area contributed by atoms with Gasteiger partial charge >= 0.3 is 0 Å². The molecule has 0 fully saturated rings. The highest BCUT2D eigenvalue weighted by Gasteiger charge is 2.18. The van der Waals surface area contributed by atoms with Crippen molar-refractivity contribution in [1.29, 1.82) is 0 Å². The van der Waals surface area contributed by atoms with Crippen LogP contribution in [0.2, 0.25) is 5.02 Å². The van der Waals surface area contributed by atoms with E-state index in [9.17, 15) is 4.79 Å². The normalized spacial score (nSPS) is 10.9. The number of hydrogen-bond acceptors (Lipinski definition) is 4. The van der Waals surface area contributed by atoms with Crippen molar-refractivity contribution in [2.45, 2.75) is 19.9 Å². The molecule has 0 spiro atoms. The van der Waals surface area contributed by atoms with E-state index in [-0.39, 0.29) is 18.7 Å². The van der Waals surface area contributed by atoms with Gasteiger partial charge in [0.25, 0.3) is 0 Å². The van der Waals surface area contributed by atoms with Gasteiger partial charge in [0, 0.05) is 7.05 Å². The molecule has 2 aromatic heterocycles. The van der Waals surface area contributed by atoms with Crippen LogP contribution in [0.3, 0.4) is 0 Å². The molecule has 2 aromatic rings. The van der Waals surface area contributed by atoms with Gasteiger partial charge in [-0.05, 0) is 19.1 Å². The molecule has 0 atom stereocenters. The Labute approximate surface area is 110 Å². The molecule has 2 N–H and O–H groups in total. The number of rotatable bonds is 4. The van der Waals surface area contributed by atoms with E-state index in [2.05, 4.69) is 5.10 Å². The van der Waals surface area contributed by atoms with Crippen molar-refractivity contribution in [3.05, 3.63) is 40.1 Å². The molecule has 0 aliphatic rings. The molecule has 0 bridgehead atoms. The second kappa shape index (κ2) is 4.96. The van der Waals surface area contributed by atoms with Gasteiger partial charge < -0.3 is 10.2 Å². The molecule has 5 nitrogen and oxygen atoms in total. The van der Waals surface area contributed by atoms with Crippen molar-refractivity contribution < 1.29 is 9.21 Å². The Bertz CT molecular complexity index is 586. The van der Waals surface area contributed by atoms with Crippen LogP contribution in [0.25, 0.3) is 0 Å². The average Bonchev–Trinajstić information content (AvgIpc) is 2.90. The number of furan rings is 1. The molecule has 0 aliphatic carbocycles. The maximum absolute atomic E-state index is 12.0. The van der Waals surface area contributed by atoms with Crippen LogP contribution in [0.5, 0.6) is 0 Å². The molecular weight excluding hydrogens is 254 g/mol. The summed E-state index contributed by atoms with van der Waals surface area (Å²) in [5, 5.41) is 4.69. The Morgan fingerprint density at radius 2 is 2.28 bits per heavy atom. The van der Waals surface area contributed by atoms with Gasteiger partial charge in [-0.3, -0.25) is 9.48 Å². The van der Waals surface area contributed by atoms with E-state index >= 15 is 0 Å². The van der Waals surface area contributed by atoms with Gasteiger partial charge in [0.15, 0.2) is 5.76 Å². The Kier molecular flexibility index (Phi) is 3.54. The van der Waals surface area contributed by atoms with E-state index in [0.717, 1.165) is 0 Å². The molecule has 0 saturated carbocycles. The summed E-state index contributed by atoms with van der Waals surface area (Å²) in [5.41, 5.74) is 6.82. The fraction of sp³-hybridized carbons (Fsp3) is 0.333. The van der Waals surface area contributed by atoms with E-state index in [1.54, 1.807) is 30.8 Å². The van der Waals surface area contributed by atoms with Crippen molar-refractivity contribution in [1.82, 2.24) is 9.78 Å². The molecule has 0 radical (unpaired) electrons. The first kappa shape index (κ1) is 12.9. The first-order valence-corrected chi connectivity index (χ1v) is 5.90. The van der Waals surface area contributed by atoms with Crippen LogP contribution in [-0.2, 0) is 20.0 Å². The lowest BCUT2D eigenvalue weighted by Gasteiger charge is -2.00. The fourth-order valence-corrected chi connectivity index (χ4v) is 1.98. The highest BCUT2D eigenvalue weighted by atomic mass is 35.5. The summed E-state index contributed by atoms with van der Waals surface area (Å²) in [4.78, 5) is 12.0. The largest absolute Gasteiger partial charge is 0.457 e. The van der Waals surface area contributed by atoms with Crippen LogP contribution >= 0.6 is 11.6 Å². The van der Waals surface area contributed by atoms with Crippen LogP contribution in [-0.4, -0.2) is 15.6 Å². The molecule has 0 saturated heterocycles. The highest BCUT2D eigenvalue weighted by Crippen LogP contribution is 2.21. The van der Waals surface area contributed by atoms with Crippen LogP contribution < -0.4 is 5.73 Å². The lowest BCUT2D eigenvalue weighted by molar-refractivity contribution is 0.0962. The third-order valence-corrected chi connectivity index (χ3v) is 3.22. The molecule has 96 valence electrons. The van der Waals surface area contributed by atoms with Gasteiger partial charge in [-0.25, -0.2) is 0 Å². The van der Waals surface area contributed by atoms with Gasteiger partial charge in [-0.1, -0.05) is 11.6 Å². The number of aromatic nitrogens is 2. The summed E-state index contributed by atoms with van der Waals surface area (Å²) >= 11 is 6.09. The maximum Gasteiger partial charge on any atom is 0.203 e. The van der Waals surface area contributed by atoms with Gasteiger partial charge in [0.2, 0.25) is 5.78 Å². The highest BCUT2D eigenvalue weighted by molar-refractivity contribution is 6.32. The number of hydrogen-bond donors (Lipinski definition) is 1. The predicted octanol–water partition coefficient (Wildman–Crippen LogP) is 1.86. The standard InChI is InChI=1S/C12H14ClN3O2/c1-7-12(13)9(16(2)15-7)5-10(17)11-4-3-8(6-14)18-11/h3-4H,5-6,14H2,1-2H3. The van der Waals surface area contributed by atoms with Crippen LogP contribution in [0.4, 0.5) is 0 Å². The summed E-state index contributed by atoms with van der Waals surface area (Å²) in [6.45, 7) is 2.08. The molecule has 0 amide bonds. The summed E-state index contributed by atoms with van der Waals surface area (Å²) in [7, 11) is 1.76. The number of halogens is 1. The zero-order chi connectivity index (χ0) is 13.3. The smallest absolute Gasteiger partial charge is 0.203 e. The number of carbonyl (C=O) groups is 1. The molecule has 2 heterocycles. The third-order valence-electron chi connectivity index (χ3n) is 2.73. The van der Waals surface area contributed by atoms with Gasteiger partial charge in [0.05, 0.1) is 29.4 Å². The van der Waals surface area contributed by atoms with Crippen molar-refractivity contribution in [2.24, 2.45) is 12.8 Å². The van der Waals surface area contributed by atoms with Crippen LogP contribution in [0.1, 0.15) is 27.7 Å². The fourth-order valence-electron chi connectivity index (χ4n) is 1.75. The number of nitrogens with two attached hydrogens (primary N) is 1. The second-order valence-corrected chi connectivity index (χ2v) is 4.42. The van der Waals surface area contributed by atoms with Crippen LogP contribution in [0, 0.1) is 6.92 Å². The average molecular weight is 268 g/mol. The minimum Gasteiger partial charge on any atom is -0.457 e. The zero-order valence-corrected chi connectivity index (χ0v) is 11.0. The minimum atomic E-state index is -0.139. The minimum absolute atomic E-state index is 0.139. The molecule has 6 heteroatoms. The maximum atomic E-state index is 12.0. The van der Waals surface area contributed by atoms with E-state index in [1.165, 1.54) is 0 Å². The molecule has 0 unspecified atom stereocenters. The number of ketones is 1. The lowest BCUT2D eigenvalue weighted by Crippen LogP contribution is -2.07. The summed E-state index contributed by atoms with van der Waals surface area (Å²) < 4.78 is 6.92. The number of aryl methyl sites for hydroxylation is 2. The van der Waals surface area contributed by atoms with Crippen molar-refractivity contribution in [3.63, 3.8) is 0 Å². The lowest BCUT2D eigenvalue weighted by atomic mass is 10.1. The first-order valence-electron chi connectivity index (χ1n) is 5.53. The molecule has 2 rings (SSSR count). The van der Waals surface area contributed by atoms with E-state index in [0.29, 0.717) is 27.9 Å². The van der Waals surface area contributed by atoms with E-state index in [4.69, 9.17) is 21.8 Å². The van der Waals surface area contributed by atoms with E-state index < -0.39 is 0 Å². The molecule has 0 aromatic carbocycles. The quantitative estimate of drug-likeness (QED) is 0.858. The molecular formula is C12H14ClN3O2. The summed E-state index contributed by atoms with van der Waals surface area (Å²) in [6.07, 6.45) is 0.160. The number of Topliss-reactive ketones (excluding diaryl/α,β-unsaturated/α-hetero) is 1.